The second-order valence-corrected chi connectivity index (χ2v) is 4.22. The van der Waals surface area contributed by atoms with Gasteiger partial charge in [-0.1, -0.05) is 11.6 Å². The number of carbonyl (C=O) groups is 1. The van der Waals surface area contributed by atoms with Crippen LogP contribution in [0.4, 0.5) is 10.1 Å². The van der Waals surface area contributed by atoms with Gasteiger partial charge in [-0.25, -0.2) is 4.39 Å². The molecule has 1 amide bonds. The Hall–Kier alpha value is -1.20. The van der Waals surface area contributed by atoms with E-state index in [4.69, 9.17) is 28.6 Å². The summed E-state index contributed by atoms with van der Waals surface area (Å²) in [5.41, 5.74) is 0.680. The van der Waals surface area contributed by atoms with E-state index in [1.54, 1.807) is 0 Å². The molecule has 0 fully saturated rings. The Morgan fingerprint density at radius 1 is 1.59 bits per heavy atom. The van der Waals surface area contributed by atoms with Crippen LogP contribution < -0.4 is 5.32 Å². The van der Waals surface area contributed by atoms with Crippen molar-refractivity contribution in [1.82, 2.24) is 0 Å². The minimum Gasteiger partial charge on any atom is -0.490 e. The fourth-order valence-electron chi connectivity index (χ4n) is 1.24. The number of methoxy groups -OCH3 is 1. The zero-order chi connectivity index (χ0) is 13.0. The van der Waals surface area contributed by atoms with Crippen molar-refractivity contribution >= 4 is 40.5 Å². The van der Waals surface area contributed by atoms with Gasteiger partial charge >= 0.3 is 0 Å². The SMILES string of the molecule is COC(=S)Cc1cc(NC(C)=O)c(F)cc1Cl. The summed E-state index contributed by atoms with van der Waals surface area (Å²) in [5, 5.41) is 2.96. The monoisotopic (exact) mass is 275 g/mol. The highest BCUT2D eigenvalue weighted by Gasteiger charge is 2.11. The summed E-state index contributed by atoms with van der Waals surface area (Å²) < 4.78 is 18.3. The van der Waals surface area contributed by atoms with Crippen LogP contribution >= 0.6 is 23.8 Å². The number of nitrogens with one attached hydrogen (secondary N) is 1. The van der Waals surface area contributed by atoms with E-state index in [0.29, 0.717) is 10.6 Å². The van der Waals surface area contributed by atoms with Crippen molar-refractivity contribution in [3.8, 4) is 0 Å². The molecule has 1 aromatic carbocycles. The second kappa shape index (κ2) is 5.93. The van der Waals surface area contributed by atoms with Crippen molar-refractivity contribution in [3.63, 3.8) is 0 Å². The molecule has 1 aromatic rings. The highest BCUT2D eigenvalue weighted by atomic mass is 35.5. The summed E-state index contributed by atoms with van der Waals surface area (Å²) in [6, 6.07) is 2.59. The molecule has 92 valence electrons. The Morgan fingerprint density at radius 2 is 2.24 bits per heavy atom. The van der Waals surface area contributed by atoms with E-state index in [9.17, 15) is 9.18 Å². The lowest BCUT2D eigenvalue weighted by molar-refractivity contribution is -0.114. The molecule has 1 N–H and O–H groups in total. The first kappa shape index (κ1) is 13.9. The Kier molecular flexibility index (Phi) is 4.84. The van der Waals surface area contributed by atoms with E-state index < -0.39 is 5.82 Å². The van der Waals surface area contributed by atoms with E-state index in [-0.39, 0.29) is 23.0 Å². The highest BCUT2D eigenvalue weighted by Crippen LogP contribution is 2.25. The molecule has 0 saturated heterocycles. The third kappa shape index (κ3) is 3.94. The van der Waals surface area contributed by atoms with Crippen LogP contribution in [0.5, 0.6) is 0 Å². The van der Waals surface area contributed by atoms with Gasteiger partial charge in [0.15, 0.2) is 5.05 Å². The van der Waals surface area contributed by atoms with Gasteiger partial charge in [0.05, 0.1) is 12.8 Å². The molecule has 0 aliphatic heterocycles. The van der Waals surface area contributed by atoms with Crippen LogP contribution in [-0.2, 0) is 16.0 Å². The van der Waals surface area contributed by atoms with Crippen LogP contribution in [0, 0.1) is 5.82 Å². The lowest BCUT2D eigenvalue weighted by Crippen LogP contribution is -2.09. The smallest absolute Gasteiger partial charge is 0.221 e. The molecule has 0 radical (unpaired) electrons. The number of rotatable bonds is 3. The first-order valence-electron chi connectivity index (χ1n) is 4.76. The van der Waals surface area contributed by atoms with Crippen molar-refractivity contribution in [2.45, 2.75) is 13.3 Å². The normalized spacial score (nSPS) is 9.88. The average molecular weight is 276 g/mol. The molecule has 0 heterocycles. The van der Waals surface area contributed by atoms with Gasteiger partial charge in [0.25, 0.3) is 0 Å². The van der Waals surface area contributed by atoms with Gasteiger partial charge in [-0.2, -0.15) is 0 Å². The maximum Gasteiger partial charge on any atom is 0.221 e. The van der Waals surface area contributed by atoms with Gasteiger partial charge in [0.1, 0.15) is 5.82 Å². The average Bonchev–Trinajstić information content (AvgIpc) is 2.24. The Morgan fingerprint density at radius 3 is 2.76 bits per heavy atom. The van der Waals surface area contributed by atoms with E-state index in [2.05, 4.69) is 5.32 Å². The van der Waals surface area contributed by atoms with Crippen LogP contribution in [-0.4, -0.2) is 18.1 Å². The van der Waals surface area contributed by atoms with Gasteiger partial charge in [0, 0.05) is 18.4 Å². The largest absolute Gasteiger partial charge is 0.490 e. The lowest BCUT2D eigenvalue weighted by Gasteiger charge is -2.09. The molecule has 17 heavy (non-hydrogen) atoms. The van der Waals surface area contributed by atoms with Crippen molar-refractivity contribution in [1.29, 1.82) is 0 Å². The zero-order valence-corrected chi connectivity index (χ0v) is 10.9. The molecular formula is C11H11ClFNO2S. The third-order valence-corrected chi connectivity index (χ3v) is 2.67. The number of benzene rings is 1. The van der Waals surface area contributed by atoms with Crippen molar-refractivity contribution in [2.75, 3.05) is 12.4 Å². The van der Waals surface area contributed by atoms with Gasteiger partial charge in [-0.3, -0.25) is 4.79 Å². The number of ether oxygens (including phenoxy) is 1. The quantitative estimate of drug-likeness (QED) is 0.862. The van der Waals surface area contributed by atoms with Crippen molar-refractivity contribution in [3.05, 3.63) is 28.5 Å². The standard InChI is InChI=1S/C11H11ClFNO2S/c1-6(15)14-10-3-7(4-11(17)16-2)8(12)5-9(10)13/h3,5H,4H2,1-2H3,(H,14,15). The van der Waals surface area contributed by atoms with E-state index >= 15 is 0 Å². The van der Waals surface area contributed by atoms with Crippen molar-refractivity contribution in [2.24, 2.45) is 0 Å². The molecule has 1 rings (SSSR count). The Labute approximate surface area is 109 Å². The first-order chi connectivity index (χ1) is 7.93. The number of halogens is 2. The van der Waals surface area contributed by atoms with E-state index in [0.717, 1.165) is 6.07 Å². The predicted molar refractivity (Wildman–Crippen MR) is 69.0 cm³/mol. The first-order valence-corrected chi connectivity index (χ1v) is 5.55. The minimum atomic E-state index is -0.586. The summed E-state index contributed by atoms with van der Waals surface area (Å²) in [6.07, 6.45) is 0.289. The van der Waals surface area contributed by atoms with Crippen LogP contribution in [0.2, 0.25) is 5.02 Å². The summed E-state index contributed by atoms with van der Waals surface area (Å²) in [5.74, 6) is -0.941. The zero-order valence-electron chi connectivity index (χ0n) is 9.34. The third-order valence-electron chi connectivity index (χ3n) is 2.01. The molecule has 0 spiro atoms. The van der Waals surface area contributed by atoms with Gasteiger partial charge in [0.2, 0.25) is 5.91 Å². The van der Waals surface area contributed by atoms with Crippen LogP contribution in [0.15, 0.2) is 12.1 Å². The molecule has 0 aliphatic carbocycles. The molecule has 3 nitrogen and oxygen atoms in total. The molecule has 0 aliphatic rings. The fraction of sp³-hybridized carbons (Fsp3) is 0.273. The second-order valence-electron chi connectivity index (χ2n) is 3.36. The van der Waals surface area contributed by atoms with E-state index in [1.165, 1.54) is 20.1 Å². The van der Waals surface area contributed by atoms with Crippen molar-refractivity contribution < 1.29 is 13.9 Å². The van der Waals surface area contributed by atoms with Crippen LogP contribution in [0.25, 0.3) is 0 Å². The predicted octanol–water partition coefficient (Wildman–Crippen LogP) is 2.95. The molecule has 0 bridgehead atoms. The van der Waals surface area contributed by atoms with Gasteiger partial charge in [-0.15, -0.1) is 0 Å². The highest BCUT2D eigenvalue weighted by molar-refractivity contribution is 7.80. The topological polar surface area (TPSA) is 38.3 Å². The number of thiocarbonyl (C=S) groups is 1. The van der Waals surface area contributed by atoms with Crippen LogP contribution in [0.1, 0.15) is 12.5 Å². The number of hydrogen-bond donors (Lipinski definition) is 1. The van der Waals surface area contributed by atoms with Crippen LogP contribution in [0.3, 0.4) is 0 Å². The molecular weight excluding hydrogens is 265 g/mol. The summed E-state index contributed by atoms with van der Waals surface area (Å²) in [4.78, 5) is 10.9. The lowest BCUT2D eigenvalue weighted by atomic mass is 10.1. The number of amides is 1. The van der Waals surface area contributed by atoms with Gasteiger partial charge in [-0.05, 0) is 29.9 Å². The Bertz CT molecular complexity index is 465. The molecule has 6 heteroatoms. The minimum absolute atomic E-state index is 0.0794. The van der Waals surface area contributed by atoms with E-state index in [1.807, 2.05) is 0 Å². The maximum atomic E-state index is 13.4. The number of anilines is 1. The maximum absolute atomic E-state index is 13.4. The molecule has 0 unspecified atom stereocenters. The molecule has 0 aromatic heterocycles. The molecule has 0 atom stereocenters. The Balaban J connectivity index is 3.05. The summed E-state index contributed by atoms with van der Waals surface area (Å²) >= 11 is 10.8. The summed E-state index contributed by atoms with van der Waals surface area (Å²) in [6.45, 7) is 1.30. The fourth-order valence-corrected chi connectivity index (χ4v) is 1.62. The summed E-state index contributed by atoms with van der Waals surface area (Å²) in [7, 11) is 1.45. The number of carbonyl (C=O) groups excluding carboxylic acids is 1. The number of hydrogen-bond acceptors (Lipinski definition) is 3. The molecule has 0 saturated carbocycles. The van der Waals surface area contributed by atoms with Gasteiger partial charge < -0.3 is 10.1 Å².